The third kappa shape index (κ3) is 4.12. The van der Waals surface area contributed by atoms with E-state index in [4.69, 9.17) is 21.3 Å². The van der Waals surface area contributed by atoms with E-state index in [1.807, 2.05) is 18.2 Å². The van der Waals surface area contributed by atoms with Crippen molar-refractivity contribution in [3.63, 3.8) is 0 Å². The van der Waals surface area contributed by atoms with Gasteiger partial charge in [-0.25, -0.2) is 13.8 Å². The number of esters is 1. The van der Waals surface area contributed by atoms with E-state index < -0.39 is 17.7 Å². The maximum atomic E-state index is 14.5. The van der Waals surface area contributed by atoms with Crippen molar-refractivity contribution in [1.29, 1.82) is 0 Å². The highest BCUT2D eigenvalue weighted by Crippen LogP contribution is 2.29. The van der Waals surface area contributed by atoms with Crippen molar-refractivity contribution in [1.82, 2.24) is 15.3 Å². The van der Waals surface area contributed by atoms with E-state index in [2.05, 4.69) is 20.2 Å². The third-order valence-electron chi connectivity index (χ3n) is 5.89. The van der Waals surface area contributed by atoms with Gasteiger partial charge in [-0.15, -0.1) is 0 Å². The van der Waals surface area contributed by atoms with Gasteiger partial charge in [0.2, 0.25) is 0 Å². The molecule has 0 saturated carbocycles. The minimum absolute atomic E-state index is 0.124. The standard InChI is InChI=1S/C24H20ClF2N5O2/c1-34-24(33)22-12-32(7-6-28-22)13-8-21-20(30-11-13)3-2-19(31-21)14-4-5-29-23(14)15-9-16(25)18(27)10-17(15)26/h2-4,8-11,22,28H,5-7,12H2,1H3/t22-/m0/s1. The summed E-state index contributed by atoms with van der Waals surface area (Å²) in [6.45, 7) is 2.13. The molecule has 4 heterocycles. The van der Waals surface area contributed by atoms with E-state index in [1.165, 1.54) is 13.2 Å². The summed E-state index contributed by atoms with van der Waals surface area (Å²) in [5.41, 5.74) is 3.90. The van der Waals surface area contributed by atoms with E-state index in [1.54, 1.807) is 12.3 Å². The zero-order valence-electron chi connectivity index (χ0n) is 18.2. The number of rotatable bonds is 4. The molecule has 174 valence electrons. The van der Waals surface area contributed by atoms with Crippen LogP contribution >= 0.6 is 11.6 Å². The van der Waals surface area contributed by atoms with Crippen molar-refractivity contribution in [2.24, 2.45) is 4.99 Å². The van der Waals surface area contributed by atoms with Crippen LogP contribution in [-0.4, -0.2) is 61.0 Å². The number of halogens is 3. The average molecular weight is 484 g/mol. The van der Waals surface area contributed by atoms with Gasteiger partial charge in [0.25, 0.3) is 0 Å². The van der Waals surface area contributed by atoms with Gasteiger partial charge in [-0.1, -0.05) is 17.7 Å². The number of nitrogens with one attached hydrogen (secondary N) is 1. The van der Waals surface area contributed by atoms with E-state index in [0.717, 1.165) is 11.8 Å². The Hall–Kier alpha value is -3.43. The Morgan fingerprint density at radius 1 is 1.21 bits per heavy atom. The Morgan fingerprint density at radius 3 is 2.88 bits per heavy atom. The fourth-order valence-corrected chi connectivity index (χ4v) is 4.34. The van der Waals surface area contributed by atoms with Gasteiger partial charge in [-0.3, -0.25) is 14.8 Å². The number of carbonyl (C=O) groups excluding carboxylic acids is 1. The number of pyridine rings is 2. The van der Waals surface area contributed by atoms with Crippen LogP contribution in [0.15, 0.2) is 47.6 Å². The van der Waals surface area contributed by atoms with Gasteiger partial charge in [-0.2, -0.15) is 0 Å². The normalized spacial score (nSPS) is 18.1. The SMILES string of the molecule is COC(=O)[C@@H]1CN(c2cnc3ccc(C4=CCN=C4c4cc(Cl)c(F)cc4F)nc3c2)CCN1. The molecule has 0 unspecified atom stereocenters. The van der Waals surface area contributed by atoms with Gasteiger partial charge in [0, 0.05) is 36.8 Å². The summed E-state index contributed by atoms with van der Waals surface area (Å²) in [4.78, 5) is 27.7. The number of hydrogen-bond donors (Lipinski definition) is 1. The van der Waals surface area contributed by atoms with Crippen molar-refractivity contribution in [2.45, 2.75) is 6.04 Å². The quantitative estimate of drug-likeness (QED) is 0.452. The van der Waals surface area contributed by atoms with Crippen LogP contribution in [0.25, 0.3) is 16.6 Å². The first-order valence-electron chi connectivity index (χ1n) is 10.7. The van der Waals surface area contributed by atoms with Crippen LogP contribution in [0.4, 0.5) is 14.5 Å². The zero-order chi connectivity index (χ0) is 23.8. The topological polar surface area (TPSA) is 79.7 Å². The van der Waals surface area contributed by atoms with Crippen molar-refractivity contribution in [3.05, 3.63) is 70.5 Å². The lowest BCUT2D eigenvalue weighted by molar-refractivity contribution is -0.143. The van der Waals surface area contributed by atoms with Crippen molar-refractivity contribution in [3.8, 4) is 0 Å². The third-order valence-corrected chi connectivity index (χ3v) is 6.18. The van der Waals surface area contributed by atoms with Gasteiger partial charge < -0.3 is 15.0 Å². The van der Waals surface area contributed by atoms with Crippen LogP contribution in [0.1, 0.15) is 11.3 Å². The molecule has 1 saturated heterocycles. The van der Waals surface area contributed by atoms with Gasteiger partial charge in [0.05, 0.1) is 53.0 Å². The lowest BCUT2D eigenvalue weighted by atomic mass is 9.99. The summed E-state index contributed by atoms with van der Waals surface area (Å²) in [6.07, 6.45) is 3.59. The molecule has 2 aromatic heterocycles. The number of aromatic nitrogens is 2. The number of methoxy groups -OCH3 is 1. The average Bonchev–Trinajstić information content (AvgIpc) is 3.35. The molecule has 0 amide bonds. The maximum absolute atomic E-state index is 14.5. The number of fused-ring (bicyclic) bond motifs is 1. The molecule has 2 aliphatic heterocycles. The van der Waals surface area contributed by atoms with Gasteiger partial charge in [0.1, 0.15) is 17.7 Å². The minimum atomic E-state index is -0.822. The Morgan fingerprint density at radius 2 is 2.06 bits per heavy atom. The van der Waals surface area contributed by atoms with E-state index in [-0.39, 0.29) is 16.6 Å². The van der Waals surface area contributed by atoms with Crippen molar-refractivity contribution >= 4 is 45.6 Å². The summed E-state index contributed by atoms with van der Waals surface area (Å²) >= 11 is 5.89. The van der Waals surface area contributed by atoms with E-state index >= 15 is 0 Å². The van der Waals surface area contributed by atoms with E-state index in [9.17, 15) is 13.6 Å². The highest BCUT2D eigenvalue weighted by molar-refractivity contribution is 6.35. The van der Waals surface area contributed by atoms with E-state index in [0.29, 0.717) is 54.2 Å². The monoisotopic (exact) mass is 483 g/mol. The molecule has 2 aliphatic rings. The summed E-state index contributed by atoms with van der Waals surface area (Å²) in [5.74, 6) is -1.87. The van der Waals surface area contributed by atoms with Crippen molar-refractivity contribution in [2.75, 3.05) is 38.2 Å². The largest absolute Gasteiger partial charge is 0.468 e. The van der Waals surface area contributed by atoms with Crippen LogP contribution in [0.3, 0.4) is 0 Å². The molecule has 5 rings (SSSR count). The number of benzene rings is 1. The Bertz CT molecular complexity index is 1360. The number of nitrogens with zero attached hydrogens (tertiary/aromatic N) is 4. The molecular formula is C24H20ClF2N5O2. The highest BCUT2D eigenvalue weighted by atomic mass is 35.5. The molecular weight excluding hydrogens is 464 g/mol. The lowest BCUT2D eigenvalue weighted by Crippen LogP contribution is -2.54. The van der Waals surface area contributed by atoms with Gasteiger partial charge in [0.15, 0.2) is 0 Å². The Labute approximate surface area is 199 Å². The summed E-state index contributed by atoms with van der Waals surface area (Å²) < 4.78 is 33.0. The van der Waals surface area contributed by atoms with Gasteiger partial charge >= 0.3 is 5.97 Å². The van der Waals surface area contributed by atoms with Crippen LogP contribution in [0, 0.1) is 11.6 Å². The molecule has 1 fully saturated rings. The molecule has 0 aliphatic carbocycles. The summed E-state index contributed by atoms with van der Waals surface area (Å²) in [7, 11) is 1.37. The lowest BCUT2D eigenvalue weighted by Gasteiger charge is -2.33. The van der Waals surface area contributed by atoms with Crippen LogP contribution < -0.4 is 10.2 Å². The zero-order valence-corrected chi connectivity index (χ0v) is 18.9. The second kappa shape index (κ2) is 9.08. The first-order chi connectivity index (χ1) is 16.4. The highest BCUT2D eigenvalue weighted by Gasteiger charge is 2.27. The number of anilines is 1. The van der Waals surface area contributed by atoms with Crippen LogP contribution in [-0.2, 0) is 9.53 Å². The molecule has 0 spiro atoms. The number of hydrogen-bond acceptors (Lipinski definition) is 7. The molecule has 3 aromatic rings. The van der Waals surface area contributed by atoms with Crippen LogP contribution in [0.2, 0.25) is 5.02 Å². The molecule has 10 heteroatoms. The smallest absolute Gasteiger partial charge is 0.324 e. The maximum Gasteiger partial charge on any atom is 0.324 e. The molecule has 34 heavy (non-hydrogen) atoms. The Kier molecular flexibility index (Phi) is 5.97. The fourth-order valence-electron chi connectivity index (χ4n) is 4.17. The van der Waals surface area contributed by atoms with Gasteiger partial charge in [-0.05, 0) is 24.3 Å². The number of ether oxygens (including phenoxy) is 1. The second-order valence-corrected chi connectivity index (χ2v) is 8.36. The molecule has 7 nitrogen and oxygen atoms in total. The number of allylic oxidation sites excluding steroid dienone is 1. The Balaban J connectivity index is 1.47. The molecule has 0 bridgehead atoms. The number of aliphatic imine (C=N–C) groups is 1. The predicted molar refractivity (Wildman–Crippen MR) is 126 cm³/mol. The summed E-state index contributed by atoms with van der Waals surface area (Å²) in [6, 6.07) is 7.12. The van der Waals surface area contributed by atoms with Crippen molar-refractivity contribution < 1.29 is 18.3 Å². The molecule has 1 atom stereocenters. The first kappa shape index (κ1) is 22.4. The first-order valence-corrected chi connectivity index (χ1v) is 11.1. The fraction of sp³-hybridized carbons (Fsp3) is 0.250. The minimum Gasteiger partial charge on any atom is -0.468 e. The number of piperazine rings is 1. The summed E-state index contributed by atoms with van der Waals surface area (Å²) in [5, 5.41) is 2.97. The molecule has 1 aromatic carbocycles. The second-order valence-electron chi connectivity index (χ2n) is 7.96. The van der Waals surface area contributed by atoms with Crippen LogP contribution in [0.5, 0.6) is 0 Å². The molecule has 0 radical (unpaired) electrons. The predicted octanol–water partition coefficient (Wildman–Crippen LogP) is 3.40. The number of carbonyl (C=O) groups is 1. The molecule has 1 N–H and O–H groups in total.